The molecule has 1 aromatic carbocycles. The summed E-state index contributed by atoms with van der Waals surface area (Å²) >= 11 is 5.89. The van der Waals surface area contributed by atoms with E-state index in [0.29, 0.717) is 11.9 Å². The Kier molecular flexibility index (Phi) is 4.19. The van der Waals surface area contributed by atoms with Crippen molar-refractivity contribution in [2.45, 2.75) is 0 Å². The Bertz CT molecular complexity index is 623. The van der Waals surface area contributed by atoms with Crippen molar-refractivity contribution in [1.29, 1.82) is 0 Å². The normalized spacial score (nSPS) is 10.2. The smallest absolute Gasteiger partial charge is 0.328 e. The summed E-state index contributed by atoms with van der Waals surface area (Å²) in [6.07, 6.45) is 0. The molecule has 0 spiro atoms. The third-order valence-electron chi connectivity index (χ3n) is 2.32. The van der Waals surface area contributed by atoms with E-state index in [1.165, 1.54) is 12.1 Å². The van der Waals surface area contributed by atoms with Crippen LogP contribution in [0.2, 0.25) is 5.02 Å². The van der Waals surface area contributed by atoms with Crippen LogP contribution in [-0.2, 0) is 0 Å². The molecule has 0 aliphatic heterocycles. The summed E-state index contributed by atoms with van der Waals surface area (Å²) in [7, 11) is 5.27. The van der Waals surface area contributed by atoms with E-state index in [9.17, 15) is 4.39 Å². The van der Waals surface area contributed by atoms with Crippen molar-refractivity contribution in [1.82, 2.24) is 15.0 Å². The zero-order chi connectivity index (χ0) is 14.7. The molecule has 0 bridgehead atoms. The van der Waals surface area contributed by atoms with Crippen molar-refractivity contribution in [2.75, 3.05) is 31.4 Å². The van der Waals surface area contributed by atoms with Gasteiger partial charge in [0.2, 0.25) is 11.9 Å². The van der Waals surface area contributed by atoms with Gasteiger partial charge >= 0.3 is 6.01 Å². The fourth-order valence-electron chi connectivity index (χ4n) is 1.36. The molecule has 0 saturated heterocycles. The summed E-state index contributed by atoms with van der Waals surface area (Å²) in [5.74, 6) is 0.614. The molecule has 0 aliphatic rings. The standard InChI is InChI=1S/C12H13ClFN5O/c1-15-10-16-11(19(2)3)18-12(17-10)20-9-5-4-7(14)6-8(9)13/h4-6H,1-3H3,(H,15,16,17,18). The Morgan fingerprint density at radius 3 is 2.60 bits per heavy atom. The Morgan fingerprint density at radius 2 is 2.00 bits per heavy atom. The second-order valence-corrected chi connectivity index (χ2v) is 4.47. The highest BCUT2D eigenvalue weighted by Crippen LogP contribution is 2.28. The van der Waals surface area contributed by atoms with Gasteiger partial charge < -0.3 is 15.0 Å². The predicted molar refractivity (Wildman–Crippen MR) is 75.2 cm³/mol. The number of hydrogen-bond acceptors (Lipinski definition) is 6. The van der Waals surface area contributed by atoms with E-state index in [0.717, 1.165) is 6.07 Å². The summed E-state index contributed by atoms with van der Waals surface area (Å²) in [5, 5.41) is 2.95. The molecular weight excluding hydrogens is 285 g/mol. The van der Waals surface area contributed by atoms with Gasteiger partial charge in [-0.15, -0.1) is 0 Å². The van der Waals surface area contributed by atoms with Gasteiger partial charge in [0.25, 0.3) is 0 Å². The average molecular weight is 298 g/mol. The van der Waals surface area contributed by atoms with Gasteiger partial charge in [-0.3, -0.25) is 0 Å². The molecule has 0 fully saturated rings. The fourth-order valence-corrected chi connectivity index (χ4v) is 1.57. The van der Waals surface area contributed by atoms with Crippen molar-refractivity contribution in [3.8, 4) is 11.8 Å². The molecule has 8 heteroatoms. The second kappa shape index (κ2) is 5.87. The van der Waals surface area contributed by atoms with Gasteiger partial charge in [0.05, 0.1) is 5.02 Å². The van der Waals surface area contributed by atoms with Crippen LogP contribution >= 0.6 is 11.6 Å². The molecule has 1 aromatic heterocycles. The number of benzene rings is 1. The molecule has 0 atom stereocenters. The van der Waals surface area contributed by atoms with Gasteiger partial charge in [-0.25, -0.2) is 4.39 Å². The van der Waals surface area contributed by atoms with Crippen LogP contribution < -0.4 is 15.0 Å². The van der Waals surface area contributed by atoms with Crippen LogP contribution in [0.25, 0.3) is 0 Å². The first kappa shape index (κ1) is 14.3. The first-order chi connectivity index (χ1) is 9.49. The number of nitrogens with zero attached hydrogens (tertiary/aromatic N) is 4. The Morgan fingerprint density at radius 1 is 1.25 bits per heavy atom. The molecule has 20 heavy (non-hydrogen) atoms. The third kappa shape index (κ3) is 3.24. The highest BCUT2D eigenvalue weighted by atomic mass is 35.5. The van der Waals surface area contributed by atoms with Gasteiger partial charge in [-0.05, 0) is 18.2 Å². The average Bonchev–Trinajstić information content (AvgIpc) is 2.41. The van der Waals surface area contributed by atoms with Gasteiger partial charge in [-0.2, -0.15) is 15.0 Å². The van der Waals surface area contributed by atoms with Crippen LogP contribution in [0.4, 0.5) is 16.3 Å². The van der Waals surface area contributed by atoms with Crippen molar-refractivity contribution >= 4 is 23.5 Å². The highest BCUT2D eigenvalue weighted by Gasteiger charge is 2.11. The largest absolute Gasteiger partial charge is 0.423 e. The van der Waals surface area contributed by atoms with Gasteiger partial charge in [0, 0.05) is 21.1 Å². The molecule has 0 radical (unpaired) electrons. The van der Waals surface area contributed by atoms with Crippen LogP contribution in [0.5, 0.6) is 11.8 Å². The molecular formula is C12H13ClFN5O. The number of anilines is 2. The molecule has 2 rings (SSSR count). The minimum Gasteiger partial charge on any atom is -0.423 e. The summed E-state index contributed by atoms with van der Waals surface area (Å²) in [5.41, 5.74) is 0. The van der Waals surface area contributed by atoms with E-state index in [1.807, 2.05) is 0 Å². The molecule has 1 N–H and O–H groups in total. The highest BCUT2D eigenvalue weighted by molar-refractivity contribution is 6.32. The number of rotatable bonds is 4. The van der Waals surface area contributed by atoms with E-state index < -0.39 is 5.82 Å². The Hall–Kier alpha value is -2.15. The van der Waals surface area contributed by atoms with Crippen molar-refractivity contribution < 1.29 is 9.13 Å². The van der Waals surface area contributed by atoms with E-state index in [4.69, 9.17) is 16.3 Å². The lowest BCUT2D eigenvalue weighted by Crippen LogP contribution is -2.15. The predicted octanol–water partition coefficient (Wildman–Crippen LogP) is 2.56. The first-order valence-electron chi connectivity index (χ1n) is 5.73. The number of ether oxygens (including phenoxy) is 1. The molecule has 0 amide bonds. The van der Waals surface area contributed by atoms with Gasteiger partial charge in [0.15, 0.2) is 0 Å². The molecule has 2 aromatic rings. The van der Waals surface area contributed by atoms with E-state index >= 15 is 0 Å². The second-order valence-electron chi connectivity index (χ2n) is 4.06. The van der Waals surface area contributed by atoms with Crippen molar-refractivity contribution in [3.05, 3.63) is 29.0 Å². The maximum atomic E-state index is 13.0. The van der Waals surface area contributed by atoms with Crippen molar-refractivity contribution in [2.24, 2.45) is 0 Å². The minimum atomic E-state index is -0.442. The van der Waals surface area contributed by atoms with Gasteiger partial charge in [-0.1, -0.05) is 11.6 Å². The van der Waals surface area contributed by atoms with Crippen molar-refractivity contribution in [3.63, 3.8) is 0 Å². The molecule has 106 valence electrons. The number of nitrogens with one attached hydrogen (secondary N) is 1. The van der Waals surface area contributed by atoms with Crippen LogP contribution in [-0.4, -0.2) is 36.1 Å². The summed E-state index contributed by atoms with van der Waals surface area (Å²) in [6.45, 7) is 0. The molecule has 1 heterocycles. The summed E-state index contributed by atoms with van der Waals surface area (Å²) in [4.78, 5) is 14.0. The molecule has 0 aliphatic carbocycles. The maximum Gasteiger partial charge on any atom is 0.328 e. The van der Waals surface area contributed by atoms with Crippen LogP contribution in [0.1, 0.15) is 0 Å². The lowest BCUT2D eigenvalue weighted by atomic mass is 10.3. The quantitative estimate of drug-likeness (QED) is 0.936. The lowest BCUT2D eigenvalue weighted by Gasteiger charge is -2.13. The molecule has 6 nitrogen and oxygen atoms in total. The zero-order valence-corrected chi connectivity index (χ0v) is 11.9. The van der Waals surface area contributed by atoms with E-state index in [-0.39, 0.29) is 16.8 Å². The van der Waals surface area contributed by atoms with Crippen LogP contribution in [0.15, 0.2) is 18.2 Å². The number of halogens is 2. The monoisotopic (exact) mass is 297 g/mol. The molecule has 0 unspecified atom stereocenters. The summed E-state index contributed by atoms with van der Waals surface area (Å²) in [6, 6.07) is 3.88. The third-order valence-corrected chi connectivity index (χ3v) is 2.62. The number of aromatic nitrogens is 3. The first-order valence-corrected chi connectivity index (χ1v) is 6.11. The topological polar surface area (TPSA) is 63.2 Å². The zero-order valence-electron chi connectivity index (χ0n) is 11.2. The van der Waals surface area contributed by atoms with Gasteiger partial charge in [0.1, 0.15) is 11.6 Å². The Labute approximate surface area is 120 Å². The number of hydrogen-bond donors (Lipinski definition) is 1. The maximum absolute atomic E-state index is 13.0. The molecule has 0 saturated carbocycles. The SMILES string of the molecule is CNc1nc(Oc2ccc(F)cc2Cl)nc(N(C)C)n1. The van der Waals surface area contributed by atoms with E-state index in [1.54, 1.807) is 26.0 Å². The summed E-state index contributed by atoms with van der Waals surface area (Å²) < 4.78 is 18.4. The fraction of sp³-hybridized carbons (Fsp3) is 0.250. The van der Waals surface area contributed by atoms with E-state index in [2.05, 4.69) is 20.3 Å². The minimum absolute atomic E-state index is 0.0709. The van der Waals surface area contributed by atoms with Crippen LogP contribution in [0, 0.1) is 5.82 Å². The Balaban J connectivity index is 2.34. The van der Waals surface area contributed by atoms with Crippen LogP contribution in [0.3, 0.4) is 0 Å². The lowest BCUT2D eigenvalue weighted by molar-refractivity contribution is 0.439.